The van der Waals surface area contributed by atoms with E-state index in [-0.39, 0.29) is 16.6 Å². The van der Waals surface area contributed by atoms with Crippen LogP contribution in [0.15, 0.2) is 18.2 Å². The number of carbonyl (C=O) groups excluding carboxylic acids is 1. The lowest BCUT2D eigenvalue weighted by atomic mass is 10.1. The Morgan fingerprint density at radius 3 is 2.52 bits per heavy atom. The summed E-state index contributed by atoms with van der Waals surface area (Å²) in [6.07, 6.45) is -2.83. The van der Waals surface area contributed by atoms with E-state index in [0.717, 1.165) is 0 Å². The number of amides is 1. The van der Waals surface area contributed by atoms with E-state index in [1.165, 1.54) is 18.2 Å². The summed E-state index contributed by atoms with van der Waals surface area (Å²) in [6, 6.07) is 4.21. The predicted octanol–water partition coefficient (Wildman–Crippen LogP) is 1.86. The highest BCUT2D eigenvalue weighted by molar-refractivity contribution is 7.88. The lowest BCUT2D eigenvalue weighted by molar-refractivity contribution is 0.0982. The van der Waals surface area contributed by atoms with E-state index >= 15 is 0 Å². The number of fused-ring (bicyclic) bond motifs is 1. The number of para-hydroxylation sites is 1. The molecule has 0 unspecified atom stereocenters. The summed E-state index contributed by atoms with van der Waals surface area (Å²) >= 11 is 0. The Bertz CT molecular complexity index is 841. The van der Waals surface area contributed by atoms with Gasteiger partial charge in [-0.05, 0) is 32.9 Å². The summed E-state index contributed by atoms with van der Waals surface area (Å²) < 4.78 is 53.3. The molecule has 0 saturated heterocycles. The number of hydrogen-bond donors (Lipinski definition) is 3. The third-order valence-corrected chi connectivity index (χ3v) is 3.99. The predicted molar refractivity (Wildman–Crippen MR) is 80.3 cm³/mol. The molecule has 1 heterocycles. The molecule has 7 nitrogen and oxygen atoms in total. The Balaban J connectivity index is 2.35. The van der Waals surface area contributed by atoms with E-state index in [1.807, 2.05) is 4.72 Å². The molecule has 0 saturated carbocycles. The van der Waals surface area contributed by atoms with Gasteiger partial charge in [0.25, 0.3) is 12.3 Å². The summed E-state index contributed by atoms with van der Waals surface area (Å²) in [6.45, 7) is 4.83. The van der Waals surface area contributed by atoms with Crippen LogP contribution in [0, 0.1) is 0 Å². The van der Waals surface area contributed by atoms with Gasteiger partial charge < -0.3 is 4.98 Å². The molecule has 0 fully saturated rings. The highest BCUT2D eigenvalue weighted by Crippen LogP contribution is 2.22. The molecule has 0 aliphatic carbocycles. The molecule has 0 aliphatic rings. The lowest BCUT2D eigenvalue weighted by Crippen LogP contribution is -2.48. The van der Waals surface area contributed by atoms with Crippen LogP contribution in [-0.2, 0) is 10.2 Å². The number of alkyl halides is 2. The van der Waals surface area contributed by atoms with Crippen molar-refractivity contribution in [2.24, 2.45) is 0 Å². The number of halogens is 2. The Hall–Kier alpha value is -2.07. The first-order valence-corrected chi connectivity index (χ1v) is 8.10. The first-order valence-electron chi connectivity index (χ1n) is 6.61. The molecule has 2 aromatic rings. The van der Waals surface area contributed by atoms with Gasteiger partial charge >= 0.3 is 10.2 Å². The molecule has 1 aromatic heterocycles. The second-order valence-corrected chi connectivity index (χ2v) is 7.33. The molecule has 1 aromatic carbocycles. The number of imidazole rings is 1. The number of benzene rings is 1. The highest BCUT2D eigenvalue weighted by Gasteiger charge is 2.24. The molecule has 1 amide bonds. The second-order valence-electron chi connectivity index (χ2n) is 5.91. The molecular weight excluding hydrogens is 330 g/mol. The van der Waals surface area contributed by atoms with Gasteiger partial charge in [0.15, 0.2) is 5.82 Å². The normalized spacial score (nSPS) is 12.8. The number of nitrogens with one attached hydrogen (secondary N) is 3. The van der Waals surface area contributed by atoms with Gasteiger partial charge in [0.2, 0.25) is 0 Å². The van der Waals surface area contributed by atoms with Crippen molar-refractivity contribution in [2.75, 3.05) is 0 Å². The molecule has 0 radical (unpaired) electrons. The number of aromatic amines is 1. The first kappa shape index (κ1) is 17.3. The van der Waals surface area contributed by atoms with Gasteiger partial charge in [0.1, 0.15) is 5.52 Å². The Morgan fingerprint density at radius 2 is 1.96 bits per heavy atom. The van der Waals surface area contributed by atoms with E-state index in [1.54, 1.807) is 20.8 Å². The van der Waals surface area contributed by atoms with Crippen molar-refractivity contribution in [3.63, 3.8) is 0 Å². The van der Waals surface area contributed by atoms with Crippen molar-refractivity contribution in [1.82, 2.24) is 19.4 Å². The number of rotatable bonds is 4. The third kappa shape index (κ3) is 4.23. The lowest BCUT2D eigenvalue weighted by Gasteiger charge is -2.20. The van der Waals surface area contributed by atoms with Crippen LogP contribution in [0.3, 0.4) is 0 Å². The summed E-state index contributed by atoms with van der Waals surface area (Å²) in [4.78, 5) is 18.2. The zero-order chi connectivity index (χ0) is 17.4. The zero-order valence-corrected chi connectivity index (χ0v) is 13.5. The smallest absolute Gasteiger partial charge is 0.302 e. The fourth-order valence-corrected chi connectivity index (χ4v) is 3.15. The van der Waals surface area contributed by atoms with E-state index in [2.05, 4.69) is 14.7 Å². The number of H-pyrrole nitrogens is 1. The molecular formula is C13H16F2N4O3S. The van der Waals surface area contributed by atoms with Gasteiger partial charge in [0.05, 0.1) is 11.1 Å². The van der Waals surface area contributed by atoms with Crippen LogP contribution >= 0.6 is 0 Å². The Labute approximate surface area is 131 Å². The minimum Gasteiger partial charge on any atom is -0.337 e. The average Bonchev–Trinajstić information content (AvgIpc) is 2.78. The first-order chi connectivity index (χ1) is 10.5. The average molecular weight is 346 g/mol. The van der Waals surface area contributed by atoms with Crippen LogP contribution in [0.2, 0.25) is 0 Å². The maximum absolute atomic E-state index is 12.7. The van der Waals surface area contributed by atoms with Gasteiger partial charge in [0, 0.05) is 5.54 Å². The van der Waals surface area contributed by atoms with Crippen molar-refractivity contribution in [2.45, 2.75) is 32.7 Å². The molecule has 2 rings (SSSR count). The maximum Gasteiger partial charge on any atom is 0.302 e. The summed E-state index contributed by atoms with van der Waals surface area (Å²) in [5.41, 5.74) is -0.710. The van der Waals surface area contributed by atoms with Crippen LogP contribution in [0.25, 0.3) is 11.0 Å². The van der Waals surface area contributed by atoms with Crippen LogP contribution < -0.4 is 9.44 Å². The van der Waals surface area contributed by atoms with Crippen molar-refractivity contribution in [3.8, 4) is 0 Å². The molecule has 0 bridgehead atoms. The van der Waals surface area contributed by atoms with Gasteiger partial charge in [-0.25, -0.2) is 18.5 Å². The molecule has 126 valence electrons. The number of carbonyl (C=O) groups is 1. The van der Waals surface area contributed by atoms with E-state index in [9.17, 15) is 22.0 Å². The number of aromatic nitrogens is 2. The number of nitrogens with zero attached hydrogens (tertiary/aromatic N) is 1. The minimum atomic E-state index is -4.10. The summed E-state index contributed by atoms with van der Waals surface area (Å²) in [5, 5.41) is 0. The summed E-state index contributed by atoms with van der Waals surface area (Å²) in [7, 11) is -4.10. The molecule has 0 atom stereocenters. The van der Waals surface area contributed by atoms with Crippen LogP contribution in [-0.4, -0.2) is 29.8 Å². The van der Waals surface area contributed by atoms with Crippen LogP contribution in [0.4, 0.5) is 8.78 Å². The monoisotopic (exact) mass is 346 g/mol. The van der Waals surface area contributed by atoms with Crippen molar-refractivity contribution in [3.05, 3.63) is 29.6 Å². The fraction of sp³-hybridized carbons (Fsp3) is 0.385. The standard InChI is InChI=1S/C13H16F2N4O3S/c1-13(2,3)19-23(21,22)18-12(20)7-5-4-6-8-9(7)17-11(16-8)10(14)15/h4-6,10,19H,1-3H3,(H,16,17)(H,18,20). The van der Waals surface area contributed by atoms with Crippen molar-refractivity contribution in [1.29, 1.82) is 0 Å². The SMILES string of the molecule is CC(C)(C)NS(=O)(=O)NC(=O)c1cccc2[nH]c(C(F)F)nc12. The molecule has 10 heteroatoms. The Morgan fingerprint density at radius 1 is 1.30 bits per heavy atom. The zero-order valence-electron chi connectivity index (χ0n) is 12.6. The topological polar surface area (TPSA) is 104 Å². The van der Waals surface area contributed by atoms with Gasteiger partial charge in [-0.15, -0.1) is 0 Å². The molecule has 23 heavy (non-hydrogen) atoms. The highest BCUT2D eigenvalue weighted by atomic mass is 32.2. The summed E-state index contributed by atoms with van der Waals surface area (Å²) in [5.74, 6) is -1.55. The van der Waals surface area contributed by atoms with Crippen molar-refractivity contribution < 1.29 is 22.0 Å². The third-order valence-electron chi connectivity index (χ3n) is 2.65. The van der Waals surface area contributed by atoms with E-state index < -0.39 is 33.9 Å². The minimum absolute atomic E-state index is 0.0220. The molecule has 0 aliphatic heterocycles. The largest absolute Gasteiger partial charge is 0.337 e. The van der Waals surface area contributed by atoms with Crippen molar-refractivity contribution >= 4 is 27.1 Å². The van der Waals surface area contributed by atoms with E-state index in [4.69, 9.17) is 0 Å². The van der Waals surface area contributed by atoms with Gasteiger partial charge in [-0.1, -0.05) is 6.07 Å². The van der Waals surface area contributed by atoms with E-state index in [0.29, 0.717) is 0 Å². The Kier molecular flexibility index (Phi) is 4.40. The number of hydrogen-bond acceptors (Lipinski definition) is 4. The molecule has 0 spiro atoms. The van der Waals surface area contributed by atoms with Crippen LogP contribution in [0.1, 0.15) is 43.4 Å². The maximum atomic E-state index is 12.7. The second kappa shape index (κ2) is 5.85. The quantitative estimate of drug-likeness (QED) is 0.786. The van der Waals surface area contributed by atoms with Gasteiger partial charge in [-0.2, -0.15) is 13.1 Å². The van der Waals surface area contributed by atoms with Crippen LogP contribution in [0.5, 0.6) is 0 Å². The fourth-order valence-electron chi connectivity index (χ4n) is 1.94. The van der Waals surface area contributed by atoms with Gasteiger partial charge in [-0.3, -0.25) is 4.79 Å². The molecule has 3 N–H and O–H groups in total.